The molecule has 0 aliphatic carbocycles. The summed E-state index contributed by atoms with van der Waals surface area (Å²) in [4.78, 5) is 52.1. The number of hydrogen-bond acceptors (Lipinski definition) is 11. The Morgan fingerprint density at radius 2 is 1.69 bits per heavy atom. The van der Waals surface area contributed by atoms with E-state index < -0.39 is 84.8 Å². The normalized spacial score (nSPS) is 21.4. The van der Waals surface area contributed by atoms with Crippen LogP contribution in [-0.4, -0.2) is 101 Å². The van der Waals surface area contributed by atoms with E-state index in [4.69, 9.17) is 28.8 Å². The molecule has 0 saturated carbocycles. The van der Waals surface area contributed by atoms with Crippen molar-refractivity contribution in [2.45, 2.75) is 84.0 Å². The van der Waals surface area contributed by atoms with Gasteiger partial charge < -0.3 is 44.3 Å². The van der Waals surface area contributed by atoms with Gasteiger partial charge >= 0.3 is 24.1 Å². The summed E-state index contributed by atoms with van der Waals surface area (Å²) in [6.07, 6.45) is -4.94. The Kier molecular flexibility index (Phi) is 12.1. The zero-order chi connectivity index (χ0) is 30.1. The summed E-state index contributed by atoms with van der Waals surface area (Å²) >= 11 is 0. The number of carbonyl (C=O) groups excluding carboxylic acids is 3. The number of aliphatic imine (C=N–C) groups is 1. The second-order valence-electron chi connectivity index (χ2n) is 10.6. The minimum atomic E-state index is -1.59. The Labute approximate surface area is 226 Å². The first-order chi connectivity index (χ1) is 17.9. The third kappa shape index (κ3) is 11.9. The lowest BCUT2D eigenvalue weighted by Crippen LogP contribution is -2.57. The van der Waals surface area contributed by atoms with Gasteiger partial charge in [0.25, 0.3) is 0 Å². The largest absolute Gasteiger partial charge is 0.480 e. The van der Waals surface area contributed by atoms with Crippen molar-refractivity contribution in [1.29, 1.82) is 0 Å². The number of nitrogens with one attached hydrogen (secondary N) is 2. The second-order valence-corrected chi connectivity index (χ2v) is 10.6. The zero-order valence-electron chi connectivity index (χ0n) is 23.3. The van der Waals surface area contributed by atoms with E-state index in [9.17, 15) is 29.4 Å². The van der Waals surface area contributed by atoms with E-state index in [1.807, 2.05) is 0 Å². The summed E-state index contributed by atoms with van der Waals surface area (Å²) in [5, 5.41) is 34.0. The highest BCUT2D eigenvalue weighted by atomic mass is 16.6. The molecule has 0 radical (unpaired) electrons. The van der Waals surface area contributed by atoms with E-state index in [0.717, 1.165) is 7.11 Å². The van der Waals surface area contributed by atoms with Crippen LogP contribution in [0.4, 0.5) is 9.59 Å². The zero-order valence-corrected chi connectivity index (χ0v) is 23.3. The van der Waals surface area contributed by atoms with Crippen molar-refractivity contribution in [2.75, 3.05) is 20.3 Å². The molecule has 39 heavy (non-hydrogen) atoms. The number of rotatable bonds is 8. The van der Waals surface area contributed by atoms with Crippen LogP contribution in [0, 0.1) is 5.92 Å². The molecule has 15 heteroatoms. The third-order valence-corrected chi connectivity index (χ3v) is 4.87. The lowest BCUT2D eigenvalue weighted by Gasteiger charge is -2.40. The standard InChI is InChI=1S/C24H39N3O12/c1-12-13(25-20(26-21(33)38-23(2,3)4)27-22(34)39-24(5,6)7)9-15(19(32)35-8)37-17(12)18(14(29)10-28)36-11-16(30)31/h9,12-14,17-18,28-29H,10-11H2,1-8H3,(H,30,31)(H2,25,26,27,33,34)/t12-,13+,14-,17-,18-/m1/s1. The third-order valence-electron chi connectivity index (χ3n) is 4.87. The number of esters is 1. The summed E-state index contributed by atoms with van der Waals surface area (Å²) in [5.74, 6) is -3.76. The number of ether oxygens (including phenoxy) is 5. The van der Waals surface area contributed by atoms with Crippen molar-refractivity contribution in [3.63, 3.8) is 0 Å². The van der Waals surface area contributed by atoms with Crippen LogP contribution in [0.1, 0.15) is 48.5 Å². The Morgan fingerprint density at radius 1 is 1.10 bits per heavy atom. The van der Waals surface area contributed by atoms with Crippen molar-refractivity contribution >= 4 is 30.1 Å². The molecule has 5 N–H and O–H groups in total. The van der Waals surface area contributed by atoms with Crippen molar-refractivity contribution in [1.82, 2.24) is 10.6 Å². The van der Waals surface area contributed by atoms with Crippen LogP contribution in [-0.2, 0) is 33.3 Å². The molecule has 0 aromatic carbocycles. The van der Waals surface area contributed by atoms with Gasteiger partial charge in [0.2, 0.25) is 11.7 Å². The Hall–Kier alpha value is -3.43. The second kappa shape index (κ2) is 14.1. The monoisotopic (exact) mass is 561 g/mol. The maximum atomic E-state index is 12.5. The van der Waals surface area contributed by atoms with E-state index in [1.54, 1.807) is 48.5 Å². The molecule has 222 valence electrons. The van der Waals surface area contributed by atoms with Gasteiger partial charge in [-0.25, -0.2) is 19.2 Å². The molecule has 0 unspecified atom stereocenters. The summed E-state index contributed by atoms with van der Waals surface area (Å²) in [7, 11) is 1.10. The summed E-state index contributed by atoms with van der Waals surface area (Å²) in [5.41, 5.74) is -1.78. The number of aliphatic carboxylic acids is 1. The molecule has 0 aromatic rings. The van der Waals surface area contributed by atoms with E-state index >= 15 is 0 Å². The molecule has 1 aliphatic heterocycles. The minimum Gasteiger partial charge on any atom is -0.480 e. The number of guanidine groups is 1. The molecule has 5 atom stereocenters. The van der Waals surface area contributed by atoms with Crippen molar-refractivity contribution < 1.29 is 58.2 Å². The number of amides is 2. The molecule has 1 aliphatic rings. The maximum absolute atomic E-state index is 12.5. The smallest absolute Gasteiger partial charge is 0.437 e. The molecule has 0 spiro atoms. The van der Waals surface area contributed by atoms with Gasteiger partial charge in [0.1, 0.15) is 36.1 Å². The number of alkyl carbamates (subject to hydrolysis) is 1. The van der Waals surface area contributed by atoms with Gasteiger partial charge in [-0.2, -0.15) is 0 Å². The number of carboxylic acid groups (broad SMARTS) is 1. The summed E-state index contributed by atoms with van der Waals surface area (Å²) in [6, 6.07) is -0.948. The van der Waals surface area contributed by atoms with Crippen LogP contribution in [0.25, 0.3) is 0 Å². The fourth-order valence-corrected chi connectivity index (χ4v) is 3.30. The van der Waals surface area contributed by atoms with Crippen molar-refractivity contribution in [3.05, 3.63) is 11.8 Å². The highest BCUT2D eigenvalue weighted by molar-refractivity contribution is 5.99. The van der Waals surface area contributed by atoms with Crippen LogP contribution in [0.5, 0.6) is 0 Å². The van der Waals surface area contributed by atoms with E-state index in [-0.39, 0.29) is 5.76 Å². The van der Waals surface area contributed by atoms with Crippen molar-refractivity contribution in [2.24, 2.45) is 10.9 Å². The van der Waals surface area contributed by atoms with Gasteiger partial charge in [-0.3, -0.25) is 5.32 Å². The predicted molar refractivity (Wildman–Crippen MR) is 135 cm³/mol. The molecule has 1 heterocycles. The lowest BCUT2D eigenvalue weighted by molar-refractivity contribution is -0.168. The number of nitrogens with zero attached hydrogens (tertiary/aromatic N) is 1. The topological polar surface area (TPSA) is 212 Å². The molecule has 0 bridgehead atoms. The lowest BCUT2D eigenvalue weighted by atomic mass is 9.87. The summed E-state index contributed by atoms with van der Waals surface area (Å²) in [6.45, 7) is 9.69. The van der Waals surface area contributed by atoms with Gasteiger partial charge in [-0.05, 0) is 47.6 Å². The molecule has 2 amide bonds. The number of carboxylic acids is 1. The number of carbonyl (C=O) groups is 4. The number of aliphatic hydroxyl groups excluding tert-OH is 2. The molecule has 1 rings (SSSR count). The summed E-state index contributed by atoms with van der Waals surface area (Å²) < 4.78 is 26.1. The molecule has 0 aromatic heterocycles. The van der Waals surface area contributed by atoms with Crippen molar-refractivity contribution in [3.8, 4) is 0 Å². The van der Waals surface area contributed by atoms with Crippen LogP contribution in [0.2, 0.25) is 0 Å². The molecular formula is C24H39N3O12. The average molecular weight is 562 g/mol. The Bertz CT molecular complexity index is 951. The predicted octanol–water partition coefficient (Wildman–Crippen LogP) is 0.675. The van der Waals surface area contributed by atoms with Crippen LogP contribution in [0.15, 0.2) is 16.8 Å². The minimum absolute atomic E-state index is 0.346. The Balaban J connectivity index is 3.46. The van der Waals surface area contributed by atoms with Gasteiger partial charge in [0.05, 0.1) is 19.8 Å². The van der Waals surface area contributed by atoms with Crippen LogP contribution in [0.3, 0.4) is 0 Å². The van der Waals surface area contributed by atoms with Gasteiger partial charge in [-0.1, -0.05) is 6.92 Å². The number of methoxy groups -OCH3 is 1. The maximum Gasteiger partial charge on any atom is 0.437 e. The fraction of sp³-hybridized carbons (Fsp3) is 0.708. The number of aliphatic hydroxyl groups is 2. The quantitative estimate of drug-likeness (QED) is 0.119. The highest BCUT2D eigenvalue weighted by Gasteiger charge is 2.43. The molecule has 15 nitrogen and oxygen atoms in total. The van der Waals surface area contributed by atoms with Gasteiger partial charge in [0.15, 0.2) is 0 Å². The van der Waals surface area contributed by atoms with E-state index in [1.165, 1.54) is 6.08 Å². The molecular weight excluding hydrogens is 522 g/mol. The van der Waals surface area contributed by atoms with E-state index in [2.05, 4.69) is 15.6 Å². The fourth-order valence-electron chi connectivity index (χ4n) is 3.30. The van der Waals surface area contributed by atoms with Gasteiger partial charge in [-0.15, -0.1) is 4.99 Å². The number of hydrogen-bond donors (Lipinski definition) is 5. The van der Waals surface area contributed by atoms with Crippen LogP contribution >= 0.6 is 0 Å². The first-order valence-electron chi connectivity index (χ1n) is 12.0. The molecule has 0 fully saturated rings. The van der Waals surface area contributed by atoms with Gasteiger partial charge in [0, 0.05) is 5.92 Å². The van der Waals surface area contributed by atoms with Crippen LogP contribution < -0.4 is 10.6 Å². The SMILES string of the molecule is COC(=O)C1=C[C@H](N/C(=N/C(=O)OC(C)(C)C)NC(=O)OC(C)(C)C)[C@@H](C)[C@H]([C@H](OCC(=O)O)[C@H](O)CO)O1. The Morgan fingerprint density at radius 3 is 2.18 bits per heavy atom. The first-order valence-corrected chi connectivity index (χ1v) is 12.0. The average Bonchev–Trinajstić information content (AvgIpc) is 2.77. The first kappa shape index (κ1) is 33.6. The van der Waals surface area contributed by atoms with E-state index in [0.29, 0.717) is 0 Å². The highest BCUT2D eigenvalue weighted by Crippen LogP contribution is 2.29. The molecule has 0 saturated heterocycles.